The maximum Gasteiger partial charge on any atom is 0.323 e. The molecule has 0 saturated carbocycles. The van der Waals surface area contributed by atoms with Crippen LogP contribution in [-0.4, -0.2) is 57.9 Å². The summed E-state index contributed by atoms with van der Waals surface area (Å²) in [4.78, 5) is 32.2. The first-order valence-corrected chi connectivity index (χ1v) is 8.63. The molecule has 0 aliphatic carbocycles. The fourth-order valence-corrected chi connectivity index (χ4v) is 3.57. The van der Waals surface area contributed by atoms with Crippen molar-refractivity contribution in [1.82, 2.24) is 14.8 Å². The van der Waals surface area contributed by atoms with Gasteiger partial charge in [0.05, 0.1) is 12.7 Å². The highest BCUT2D eigenvalue weighted by atomic mass is 16.6. The number of oxazole rings is 1. The lowest BCUT2D eigenvalue weighted by atomic mass is 10.1. The molecule has 24 heavy (non-hydrogen) atoms. The van der Waals surface area contributed by atoms with Crippen molar-refractivity contribution < 1.29 is 18.7 Å². The van der Waals surface area contributed by atoms with Crippen LogP contribution in [0, 0.1) is 0 Å². The molecule has 3 heterocycles. The van der Waals surface area contributed by atoms with Crippen molar-refractivity contribution in [2.75, 3.05) is 13.1 Å². The van der Waals surface area contributed by atoms with E-state index < -0.39 is 0 Å². The SMILES string of the molecule is CCc1cnc(CN(C(C)=O)[C@@H]2CCN([C@@H]3C[C@H](C)OC3=O)C2)o1. The summed E-state index contributed by atoms with van der Waals surface area (Å²) in [7, 11) is 0. The van der Waals surface area contributed by atoms with Gasteiger partial charge in [-0.2, -0.15) is 0 Å². The zero-order valence-electron chi connectivity index (χ0n) is 14.5. The number of amides is 1. The molecule has 0 unspecified atom stereocenters. The van der Waals surface area contributed by atoms with Crippen LogP contribution in [0.3, 0.4) is 0 Å². The van der Waals surface area contributed by atoms with Crippen LogP contribution in [0.5, 0.6) is 0 Å². The third-order valence-electron chi connectivity index (χ3n) is 4.88. The molecular formula is C17H25N3O4. The van der Waals surface area contributed by atoms with E-state index in [4.69, 9.17) is 9.15 Å². The van der Waals surface area contributed by atoms with Crippen molar-refractivity contribution in [3.63, 3.8) is 0 Å². The number of esters is 1. The van der Waals surface area contributed by atoms with Crippen LogP contribution in [0.1, 0.15) is 45.3 Å². The van der Waals surface area contributed by atoms with Gasteiger partial charge in [-0.25, -0.2) is 4.98 Å². The number of rotatable bonds is 5. The lowest BCUT2D eigenvalue weighted by Gasteiger charge is -2.27. The third kappa shape index (κ3) is 3.45. The van der Waals surface area contributed by atoms with Crippen LogP contribution in [0.2, 0.25) is 0 Å². The van der Waals surface area contributed by atoms with Gasteiger partial charge in [-0.3, -0.25) is 14.5 Å². The number of likely N-dealkylation sites (tertiary alicyclic amines) is 1. The highest BCUT2D eigenvalue weighted by Gasteiger charge is 2.41. The van der Waals surface area contributed by atoms with Crippen molar-refractivity contribution in [3.05, 3.63) is 17.8 Å². The van der Waals surface area contributed by atoms with E-state index in [1.54, 1.807) is 18.0 Å². The molecule has 1 aromatic rings. The monoisotopic (exact) mass is 335 g/mol. The van der Waals surface area contributed by atoms with E-state index in [2.05, 4.69) is 9.88 Å². The minimum Gasteiger partial charge on any atom is -0.461 e. The topological polar surface area (TPSA) is 75.9 Å². The first kappa shape index (κ1) is 17.0. The Morgan fingerprint density at radius 2 is 2.29 bits per heavy atom. The normalized spacial score (nSPS) is 27.5. The van der Waals surface area contributed by atoms with E-state index in [0.29, 0.717) is 19.0 Å². The van der Waals surface area contributed by atoms with Crippen molar-refractivity contribution in [2.24, 2.45) is 0 Å². The molecule has 2 aliphatic heterocycles. The van der Waals surface area contributed by atoms with Gasteiger partial charge >= 0.3 is 5.97 Å². The Kier molecular flexibility index (Phi) is 4.89. The van der Waals surface area contributed by atoms with Gasteiger partial charge in [-0.1, -0.05) is 6.92 Å². The van der Waals surface area contributed by atoms with E-state index in [1.807, 2.05) is 13.8 Å². The van der Waals surface area contributed by atoms with Crippen LogP contribution < -0.4 is 0 Å². The van der Waals surface area contributed by atoms with Crippen LogP contribution in [-0.2, 0) is 27.3 Å². The Bertz CT molecular complexity index is 615. The zero-order chi connectivity index (χ0) is 17.3. The average Bonchev–Trinajstić information content (AvgIpc) is 3.24. The second-order valence-electron chi connectivity index (χ2n) is 6.66. The molecule has 7 nitrogen and oxygen atoms in total. The van der Waals surface area contributed by atoms with Gasteiger partial charge in [0.2, 0.25) is 11.8 Å². The molecule has 0 aromatic carbocycles. The van der Waals surface area contributed by atoms with Gasteiger partial charge in [0.1, 0.15) is 17.9 Å². The van der Waals surface area contributed by atoms with Crippen LogP contribution in [0.25, 0.3) is 0 Å². The number of hydrogen-bond acceptors (Lipinski definition) is 6. The second-order valence-corrected chi connectivity index (χ2v) is 6.66. The number of ether oxygens (including phenoxy) is 1. The fourth-order valence-electron chi connectivity index (χ4n) is 3.57. The number of aromatic nitrogens is 1. The lowest BCUT2D eigenvalue weighted by molar-refractivity contribution is -0.144. The number of hydrogen-bond donors (Lipinski definition) is 0. The van der Waals surface area contributed by atoms with E-state index in [9.17, 15) is 9.59 Å². The van der Waals surface area contributed by atoms with Crippen molar-refractivity contribution in [2.45, 2.75) is 64.8 Å². The van der Waals surface area contributed by atoms with Crippen molar-refractivity contribution in [3.8, 4) is 0 Å². The van der Waals surface area contributed by atoms with Gasteiger partial charge < -0.3 is 14.1 Å². The summed E-state index contributed by atoms with van der Waals surface area (Å²) in [6, 6.07) is -0.101. The quantitative estimate of drug-likeness (QED) is 0.757. The summed E-state index contributed by atoms with van der Waals surface area (Å²) < 4.78 is 10.9. The minimum absolute atomic E-state index is 0.000431. The number of carbonyl (C=O) groups excluding carboxylic acids is 2. The Morgan fingerprint density at radius 1 is 1.50 bits per heavy atom. The predicted octanol–water partition coefficient (Wildman–Crippen LogP) is 1.36. The molecule has 2 fully saturated rings. The molecule has 3 atom stereocenters. The second kappa shape index (κ2) is 6.93. The molecule has 1 amide bonds. The summed E-state index contributed by atoms with van der Waals surface area (Å²) in [5.74, 6) is 1.25. The van der Waals surface area contributed by atoms with Crippen LogP contribution in [0.4, 0.5) is 0 Å². The Labute approximate surface area is 141 Å². The highest BCUT2D eigenvalue weighted by Crippen LogP contribution is 2.26. The molecule has 2 saturated heterocycles. The molecule has 1 aromatic heterocycles. The predicted molar refractivity (Wildman–Crippen MR) is 86.0 cm³/mol. The molecule has 0 N–H and O–H groups in total. The summed E-state index contributed by atoms with van der Waals surface area (Å²) in [5.41, 5.74) is 0. The van der Waals surface area contributed by atoms with Gasteiger partial charge in [0.25, 0.3) is 0 Å². The number of nitrogens with zero attached hydrogens (tertiary/aromatic N) is 3. The Hall–Kier alpha value is -1.89. The largest absolute Gasteiger partial charge is 0.461 e. The molecule has 0 radical (unpaired) electrons. The fraction of sp³-hybridized carbons (Fsp3) is 0.706. The molecule has 0 spiro atoms. The number of carbonyl (C=O) groups is 2. The third-order valence-corrected chi connectivity index (χ3v) is 4.88. The van der Waals surface area contributed by atoms with Gasteiger partial charge in [0, 0.05) is 38.9 Å². The number of aryl methyl sites for hydroxylation is 1. The number of cyclic esters (lactones) is 1. The van der Waals surface area contributed by atoms with E-state index in [1.165, 1.54) is 0 Å². The van der Waals surface area contributed by atoms with Crippen molar-refractivity contribution in [1.29, 1.82) is 0 Å². The minimum atomic E-state index is -0.174. The lowest BCUT2D eigenvalue weighted by Crippen LogP contribution is -2.43. The van der Waals surface area contributed by atoms with Crippen molar-refractivity contribution >= 4 is 11.9 Å². The molecule has 0 bridgehead atoms. The highest BCUT2D eigenvalue weighted by molar-refractivity contribution is 5.78. The molecule has 132 valence electrons. The van der Waals surface area contributed by atoms with E-state index >= 15 is 0 Å². The van der Waals surface area contributed by atoms with Crippen LogP contribution >= 0.6 is 0 Å². The zero-order valence-corrected chi connectivity index (χ0v) is 14.5. The Balaban J connectivity index is 1.64. The first-order chi connectivity index (χ1) is 11.5. The molecule has 2 aliphatic rings. The van der Waals surface area contributed by atoms with Gasteiger partial charge in [-0.15, -0.1) is 0 Å². The first-order valence-electron chi connectivity index (χ1n) is 8.63. The van der Waals surface area contributed by atoms with Gasteiger partial charge in [0.15, 0.2) is 0 Å². The smallest absolute Gasteiger partial charge is 0.323 e. The van der Waals surface area contributed by atoms with E-state index in [0.717, 1.165) is 31.6 Å². The Morgan fingerprint density at radius 3 is 2.88 bits per heavy atom. The maximum atomic E-state index is 12.1. The summed E-state index contributed by atoms with van der Waals surface area (Å²) in [5, 5.41) is 0. The van der Waals surface area contributed by atoms with E-state index in [-0.39, 0.29) is 30.1 Å². The summed E-state index contributed by atoms with van der Waals surface area (Å²) in [6.45, 7) is 7.35. The summed E-state index contributed by atoms with van der Waals surface area (Å²) >= 11 is 0. The standard InChI is InChI=1S/C17H25N3O4/c1-4-14-8-18-16(24-14)10-20(12(3)21)13-5-6-19(9-13)15-7-11(2)23-17(15)22/h8,11,13,15H,4-7,9-10H2,1-3H3/t11-,13+,15+/m0/s1. The average molecular weight is 335 g/mol. The van der Waals surface area contributed by atoms with Gasteiger partial charge in [-0.05, 0) is 13.3 Å². The molecule has 7 heteroatoms. The molecule has 3 rings (SSSR count). The maximum absolute atomic E-state index is 12.1. The summed E-state index contributed by atoms with van der Waals surface area (Å²) in [6.07, 6.45) is 4.05. The molecular weight excluding hydrogens is 310 g/mol. The van der Waals surface area contributed by atoms with Crippen LogP contribution in [0.15, 0.2) is 10.6 Å².